The number of carbonyl (C=O) groups excluding carboxylic acids is 3. The number of ether oxygens (including phenoxy) is 1. The summed E-state index contributed by atoms with van der Waals surface area (Å²) in [6.07, 6.45) is -3.38. The molecule has 2 atom stereocenters. The molecule has 11 heteroatoms. The lowest BCUT2D eigenvalue weighted by molar-refractivity contribution is -0.938. The molecule has 0 saturated carbocycles. The molecule has 3 saturated heterocycles. The Morgan fingerprint density at radius 2 is 1.53 bits per heavy atom. The summed E-state index contributed by atoms with van der Waals surface area (Å²) in [5.41, 5.74) is 2.85. The number of rotatable bonds is 9. The highest BCUT2D eigenvalue weighted by Gasteiger charge is 2.49. The van der Waals surface area contributed by atoms with E-state index in [2.05, 4.69) is 35.0 Å². The molecule has 4 heterocycles. The van der Waals surface area contributed by atoms with Gasteiger partial charge in [0.1, 0.15) is 25.1 Å². The molecule has 3 fully saturated rings. The van der Waals surface area contributed by atoms with E-state index in [0.29, 0.717) is 30.0 Å². The topological polar surface area (TPSA) is 95.5 Å². The number of esters is 1. The number of benzene rings is 3. The van der Waals surface area contributed by atoms with E-state index in [9.17, 15) is 22.8 Å². The highest BCUT2D eigenvalue weighted by molar-refractivity contribution is 7.17. The smallest absolute Gasteiger partial charge is 0.430 e. The second-order valence-corrected chi connectivity index (χ2v) is 12.4. The molecule has 45 heavy (non-hydrogen) atoms. The molecule has 236 valence electrons. The Labute approximate surface area is 262 Å². The largest absolute Gasteiger partial charge is 0.542 e. The van der Waals surface area contributed by atoms with Crippen molar-refractivity contribution in [3.63, 3.8) is 0 Å². The maximum atomic E-state index is 13.8. The van der Waals surface area contributed by atoms with E-state index in [-0.39, 0.29) is 17.9 Å². The van der Waals surface area contributed by atoms with Gasteiger partial charge >= 0.3 is 12.1 Å². The summed E-state index contributed by atoms with van der Waals surface area (Å²) in [5.74, 6) is -2.70. The van der Waals surface area contributed by atoms with Gasteiger partial charge in [-0.05, 0) is 28.0 Å². The van der Waals surface area contributed by atoms with Crippen molar-refractivity contribution in [3.8, 4) is 0 Å². The van der Waals surface area contributed by atoms with Gasteiger partial charge in [-0.15, -0.1) is 11.3 Å². The van der Waals surface area contributed by atoms with E-state index < -0.39 is 18.2 Å². The van der Waals surface area contributed by atoms with Crippen LogP contribution in [0, 0.1) is 5.92 Å². The SMILES string of the molecule is O=C(C[N+]12CCC(CC1)[C@@H](OC(=O)C(NCc1ccccc1)c1csc3ccccc13)C2)c1ccccc1.O=C([O-])C(F)(F)F. The fourth-order valence-electron chi connectivity index (χ4n) is 6.17. The molecule has 7 rings (SSSR count). The van der Waals surface area contributed by atoms with Crippen molar-refractivity contribution in [1.29, 1.82) is 0 Å². The van der Waals surface area contributed by atoms with Crippen LogP contribution in [0.3, 0.4) is 0 Å². The van der Waals surface area contributed by atoms with Crippen molar-refractivity contribution in [2.45, 2.75) is 37.7 Å². The van der Waals surface area contributed by atoms with Crippen LogP contribution in [0.25, 0.3) is 10.1 Å². The average Bonchev–Trinajstić information content (AvgIpc) is 3.46. The second kappa shape index (κ2) is 13.9. The first-order chi connectivity index (χ1) is 21.5. The number of aliphatic carboxylic acids is 1. The number of nitrogens with one attached hydrogen (secondary N) is 1. The van der Waals surface area contributed by atoms with Crippen molar-refractivity contribution >= 4 is 39.1 Å². The normalized spacial score (nSPS) is 21.4. The monoisotopic (exact) mass is 638 g/mol. The Balaban J connectivity index is 0.000000515. The zero-order valence-electron chi connectivity index (χ0n) is 24.4. The van der Waals surface area contributed by atoms with Crippen molar-refractivity contribution < 1.29 is 41.9 Å². The number of Topliss-reactive ketones (excluding diaryl/α,β-unsaturated/α-hetero) is 1. The fraction of sp³-hybridized carbons (Fsp3) is 0.324. The summed E-state index contributed by atoms with van der Waals surface area (Å²) >= 11 is 1.66. The number of carboxylic acid groups (broad SMARTS) is 1. The molecule has 3 aliphatic heterocycles. The van der Waals surface area contributed by atoms with Crippen LogP contribution in [0.1, 0.15) is 40.4 Å². The number of alkyl halides is 3. The summed E-state index contributed by atoms with van der Waals surface area (Å²) in [6.45, 7) is 3.70. The highest BCUT2D eigenvalue weighted by atomic mass is 32.1. The molecule has 0 amide bonds. The molecule has 3 aliphatic rings. The number of hydrogen-bond donors (Lipinski definition) is 1. The third-order valence-corrected chi connectivity index (χ3v) is 9.51. The van der Waals surface area contributed by atoms with Crippen molar-refractivity contribution in [3.05, 3.63) is 107 Å². The van der Waals surface area contributed by atoms with Crippen LogP contribution in [0.15, 0.2) is 90.3 Å². The number of ketones is 1. The molecule has 2 bridgehead atoms. The first kappa shape index (κ1) is 32.3. The first-order valence-corrected chi connectivity index (χ1v) is 15.6. The van der Waals surface area contributed by atoms with Gasteiger partial charge in [-0.1, -0.05) is 78.9 Å². The molecule has 1 aromatic heterocycles. The lowest BCUT2D eigenvalue weighted by atomic mass is 9.82. The number of piperidine rings is 3. The van der Waals surface area contributed by atoms with Crippen LogP contribution in [0.5, 0.6) is 0 Å². The molecule has 7 nitrogen and oxygen atoms in total. The third kappa shape index (κ3) is 7.97. The molecule has 1 N–H and O–H groups in total. The van der Waals surface area contributed by atoms with E-state index >= 15 is 0 Å². The molecule has 1 unspecified atom stereocenters. The minimum atomic E-state index is -5.19. The van der Waals surface area contributed by atoms with Gasteiger partial charge in [-0.25, -0.2) is 4.79 Å². The molecule has 0 spiro atoms. The van der Waals surface area contributed by atoms with Crippen molar-refractivity contribution in [2.24, 2.45) is 5.92 Å². The van der Waals surface area contributed by atoms with Crippen LogP contribution in [-0.4, -0.2) is 60.7 Å². The summed E-state index contributed by atoms with van der Waals surface area (Å²) in [6, 6.07) is 27.3. The maximum Gasteiger partial charge on any atom is 0.430 e. The number of carboxylic acids is 1. The van der Waals surface area contributed by atoms with Gasteiger partial charge in [0, 0.05) is 35.6 Å². The van der Waals surface area contributed by atoms with Gasteiger partial charge in [-0.2, -0.15) is 13.2 Å². The van der Waals surface area contributed by atoms with Crippen molar-refractivity contribution in [1.82, 2.24) is 5.32 Å². The predicted octanol–water partition coefficient (Wildman–Crippen LogP) is 5.07. The summed E-state index contributed by atoms with van der Waals surface area (Å²) in [7, 11) is 0. The van der Waals surface area contributed by atoms with Crippen LogP contribution in [0.4, 0.5) is 13.2 Å². The van der Waals surface area contributed by atoms with Gasteiger partial charge in [-0.3, -0.25) is 10.1 Å². The Hall–Kier alpha value is -4.06. The zero-order valence-corrected chi connectivity index (χ0v) is 25.2. The number of carbonyl (C=O) groups is 3. The lowest BCUT2D eigenvalue weighted by Gasteiger charge is -2.51. The summed E-state index contributed by atoms with van der Waals surface area (Å²) in [4.78, 5) is 35.7. The molecule has 0 aliphatic carbocycles. The number of thiophene rings is 1. The summed E-state index contributed by atoms with van der Waals surface area (Å²) in [5, 5.41) is 15.5. The Morgan fingerprint density at radius 1 is 0.933 bits per heavy atom. The number of quaternary nitrogens is 1. The zero-order chi connectivity index (χ0) is 32.0. The average molecular weight is 639 g/mol. The second-order valence-electron chi connectivity index (χ2n) is 11.5. The number of nitrogens with zero attached hydrogens (tertiary/aromatic N) is 1. The standard InChI is InChI=1S/C32H33N2O3S.C2HF3O2/c35-28(24-11-5-2-6-12-24)20-34-17-15-25(16-18-34)29(21-34)37-32(36)31(33-19-23-9-3-1-4-10-23)27-22-38-30-14-8-7-13-26(27)30;3-2(4,5)1(6)7/h1-14,22,25,29,31,33H,15-21H2;(H,6,7)/q+1;/p-1/t25?,29-,31?,34?;/m0./s1. The molecule has 3 aromatic carbocycles. The third-order valence-electron chi connectivity index (χ3n) is 8.53. The van der Waals surface area contributed by atoms with Gasteiger partial charge in [0.2, 0.25) is 5.78 Å². The number of halogens is 3. The lowest BCUT2D eigenvalue weighted by Crippen LogP contribution is -2.65. The predicted molar refractivity (Wildman–Crippen MR) is 162 cm³/mol. The van der Waals surface area contributed by atoms with E-state index in [0.717, 1.165) is 52.7 Å². The fourth-order valence-corrected chi connectivity index (χ4v) is 7.16. The Kier molecular flexibility index (Phi) is 10.0. The van der Waals surface area contributed by atoms with E-state index in [4.69, 9.17) is 14.6 Å². The van der Waals surface area contributed by atoms with Crippen LogP contribution in [-0.2, 0) is 20.9 Å². The molecule has 4 aromatic rings. The van der Waals surface area contributed by atoms with Crippen LogP contribution >= 0.6 is 11.3 Å². The Bertz CT molecular complexity index is 1620. The van der Waals surface area contributed by atoms with E-state index in [1.807, 2.05) is 60.7 Å². The first-order valence-electron chi connectivity index (χ1n) is 14.7. The molecular formula is C34H33F3N2O5S. The van der Waals surface area contributed by atoms with Crippen molar-refractivity contribution in [2.75, 3.05) is 26.2 Å². The quantitative estimate of drug-likeness (QED) is 0.156. The number of hydrogen-bond acceptors (Lipinski definition) is 7. The van der Waals surface area contributed by atoms with Gasteiger partial charge < -0.3 is 19.1 Å². The molecular weight excluding hydrogens is 605 g/mol. The molecule has 0 radical (unpaired) electrons. The minimum Gasteiger partial charge on any atom is -0.542 e. The van der Waals surface area contributed by atoms with Gasteiger partial charge in [0.15, 0.2) is 6.10 Å². The van der Waals surface area contributed by atoms with E-state index in [1.165, 1.54) is 0 Å². The maximum absolute atomic E-state index is 13.8. The van der Waals surface area contributed by atoms with Crippen LogP contribution in [0.2, 0.25) is 0 Å². The Morgan fingerprint density at radius 3 is 2.18 bits per heavy atom. The summed E-state index contributed by atoms with van der Waals surface area (Å²) < 4.78 is 39.8. The van der Waals surface area contributed by atoms with Gasteiger partial charge in [0.25, 0.3) is 0 Å². The van der Waals surface area contributed by atoms with Gasteiger partial charge in [0.05, 0.1) is 13.1 Å². The van der Waals surface area contributed by atoms with E-state index in [1.54, 1.807) is 11.3 Å². The number of fused-ring (bicyclic) bond motifs is 4. The van der Waals surface area contributed by atoms with Crippen LogP contribution < -0.4 is 10.4 Å². The minimum absolute atomic E-state index is 0.167. The highest BCUT2D eigenvalue weighted by Crippen LogP contribution is 2.37.